The Kier molecular flexibility index (Phi) is 3.82. The maximum absolute atomic E-state index is 11.2. The lowest BCUT2D eigenvalue weighted by Gasteiger charge is -2.09. The molecule has 1 heterocycles. The molecule has 0 unspecified atom stereocenters. The van der Waals surface area contributed by atoms with Gasteiger partial charge < -0.3 is 9.84 Å². The van der Waals surface area contributed by atoms with Gasteiger partial charge in [0.05, 0.1) is 6.10 Å². The zero-order chi connectivity index (χ0) is 12.1. The van der Waals surface area contributed by atoms with Crippen LogP contribution in [0.5, 0.6) is 0 Å². The van der Waals surface area contributed by atoms with Crippen molar-refractivity contribution in [2.45, 2.75) is 20.0 Å². The highest BCUT2D eigenvalue weighted by molar-refractivity contribution is 5.97. The molecule has 6 nitrogen and oxygen atoms in total. The third kappa shape index (κ3) is 3.23. The fraction of sp³-hybridized carbons (Fsp3) is 0.300. The van der Waals surface area contributed by atoms with E-state index in [-0.39, 0.29) is 17.5 Å². The first kappa shape index (κ1) is 12.0. The topological polar surface area (TPSA) is 88.5 Å². The summed E-state index contributed by atoms with van der Waals surface area (Å²) >= 11 is 0. The number of aromatic carboxylic acids is 1. The summed E-state index contributed by atoms with van der Waals surface area (Å²) in [7, 11) is 0. The van der Waals surface area contributed by atoms with E-state index in [1.165, 1.54) is 18.3 Å². The highest BCUT2D eigenvalue weighted by Gasteiger charge is 2.14. The highest BCUT2D eigenvalue weighted by Crippen LogP contribution is 2.11. The first-order chi connectivity index (χ1) is 7.50. The number of hydrogen-bond acceptors (Lipinski definition) is 4. The molecule has 0 fully saturated rings. The predicted molar refractivity (Wildman–Crippen MR) is 56.4 cm³/mol. The zero-order valence-corrected chi connectivity index (χ0v) is 8.93. The normalized spacial score (nSPS) is 9.94. The standard InChI is InChI=1S/C10H12N2O4/c1-6(2)16-10(15)12-8-7(9(13)14)4-3-5-11-8/h3-6H,1-2H3,(H,13,14)(H,11,12,15). The summed E-state index contributed by atoms with van der Waals surface area (Å²) in [6, 6.07) is 2.82. The number of carbonyl (C=O) groups excluding carboxylic acids is 1. The van der Waals surface area contributed by atoms with Crippen LogP contribution in [0.1, 0.15) is 24.2 Å². The van der Waals surface area contributed by atoms with Crippen LogP contribution in [0.25, 0.3) is 0 Å². The first-order valence-corrected chi connectivity index (χ1v) is 4.66. The number of amides is 1. The molecule has 0 aromatic carbocycles. The molecule has 0 aliphatic heterocycles. The number of carbonyl (C=O) groups is 2. The lowest BCUT2D eigenvalue weighted by atomic mass is 10.2. The van der Waals surface area contributed by atoms with Gasteiger partial charge in [-0.2, -0.15) is 0 Å². The van der Waals surface area contributed by atoms with Crippen molar-refractivity contribution in [2.24, 2.45) is 0 Å². The van der Waals surface area contributed by atoms with Gasteiger partial charge in [0, 0.05) is 6.20 Å². The lowest BCUT2D eigenvalue weighted by Crippen LogP contribution is -2.20. The number of pyridine rings is 1. The van der Waals surface area contributed by atoms with Gasteiger partial charge in [-0.1, -0.05) is 0 Å². The second-order valence-corrected chi connectivity index (χ2v) is 3.28. The number of anilines is 1. The van der Waals surface area contributed by atoms with Gasteiger partial charge in [0.25, 0.3) is 0 Å². The van der Waals surface area contributed by atoms with E-state index < -0.39 is 12.1 Å². The molecule has 16 heavy (non-hydrogen) atoms. The Hall–Kier alpha value is -2.11. The zero-order valence-electron chi connectivity index (χ0n) is 8.93. The molecule has 2 N–H and O–H groups in total. The van der Waals surface area contributed by atoms with Crippen LogP contribution in [-0.2, 0) is 4.74 Å². The smallest absolute Gasteiger partial charge is 0.413 e. The molecule has 1 aromatic rings. The van der Waals surface area contributed by atoms with Crippen molar-refractivity contribution in [3.63, 3.8) is 0 Å². The maximum atomic E-state index is 11.2. The summed E-state index contributed by atoms with van der Waals surface area (Å²) in [4.78, 5) is 25.8. The van der Waals surface area contributed by atoms with E-state index >= 15 is 0 Å². The molecule has 1 amide bonds. The van der Waals surface area contributed by atoms with Gasteiger partial charge in [0.1, 0.15) is 11.4 Å². The second kappa shape index (κ2) is 5.11. The van der Waals surface area contributed by atoms with E-state index in [1.807, 2.05) is 0 Å². The van der Waals surface area contributed by atoms with Crippen LogP contribution in [0.4, 0.5) is 10.6 Å². The molecule has 1 aromatic heterocycles. The van der Waals surface area contributed by atoms with Crippen molar-refractivity contribution in [3.8, 4) is 0 Å². The van der Waals surface area contributed by atoms with Crippen molar-refractivity contribution in [3.05, 3.63) is 23.9 Å². The molecule has 6 heteroatoms. The van der Waals surface area contributed by atoms with E-state index in [2.05, 4.69) is 10.3 Å². The number of carboxylic acid groups (broad SMARTS) is 1. The molecule has 0 atom stereocenters. The summed E-state index contributed by atoms with van der Waals surface area (Å²) in [5.74, 6) is -1.19. The third-order valence-electron chi connectivity index (χ3n) is 1.60. The SMILES string of the molecule is CC(C)OC(=O)Nc1ncccc1C(=O)O. The van der Waals surface area contributed by atoms with Gasteiger partial charge >= 0.3 is 12.1 Å². The van der Waals surface area contributed by atoms with Gasteiger partial charge in [-0.25, -0.2) is 14.6 Å². The van der Waals surface area contributed by atoms with E-state index in [0.717, 1.165) is 0 Å². The van der Waals surface area contributed by atoms with Crippen LogP contribution in [0.15, 0.2) is 18.3 Å². The molecule has 0 saturated carbocycles. The van der Waals surface area contributed by atoms with Crippen LogP contribution in [-0.4, -0.2) is 28.3 Å². The van der Waals surface area contributed by atoms with Gasteiger partial charge in [-0.15, -0.1) is 0 Å². The Morgan fingerprint density at radius 1 is 1.50 bits per heavy atom. The molecule has 0 bridgehead atoms. The minimum atomic E-state index is -1.16. The summed E-state index contributed by atoms with van der Waals surface area (Å²) in [6.07, 6.45) is 0.380. The number of hydrogen-bond donors (Lipinski definition) is 2. The lowest BCUT2D eigenvalue weighted by molar-refractivity contribution is 0.0697. The second-order valence-electron chi connectivity index (χ2n) is 3.28. The number of nitrogens with zero attached hydrogens (tertiary/aromatic N) is 1. The van der Waals surface area contributed by atoms with E-state index in [0.29, 0.717) is 0 Å². The van der Waals surface area contributed by atoms with Crippen LogP contribution < -0.4 is 5.32 Å². The van der Waals surface area contributed by atoms with Crippen molar-refractivity contribution in [2.75, 3.05) is 5.32 Å². The minimum Gasteiger partial charge on any atom is -0.478 e. The van der Waals surface area contributed by atoms with Gasteiger partial charge in [-0.3, -0.25) is 5.32 Å². The van der Waals surface area contributed by atoms with Gasteiger partial charge in [-0.05, 0) is 26.0 Å². The minimum absolute atomic E-state index is 0.0272. The quantitative estimate of drug-likeness (QED) is 0.816. The summed E-state index contributed by atoms with van der Waals surface area (Å²) < 4.78 is 4.81. The van der Waals surface area contributed by atoms with Crippen molar-refractivity contribution in [1.82, 2.24) is 4.98 Å². The Balaban J connectivity index is 2.81. The number of rotatable bonds is 3. The molecular formula is C10H12N2O4. The Morgan fingerprint density at radius 3 is 2.75 bits per heavy atom. The molecule has 0 aliphatic carbocycles. The number of nitrogens with one attached hydrogen (secondary N) is 1. The van der Waals surface area contributed by atoms with Crippen LogP contribution in [0.3, 0.4) is 0 Å². The third-order valence-corrected chi connectivity index (χ3v) is 1.60. The molecule has 0 saturated heterocycles. The average molecular weight is 224 g/mol. The maximum Gasteiger partial charge on any atom is 0.413 e. The van der Waals surface area contributed by atoms with E-state index in [1.54, 1.807) is 13.8 Å². The molecular weight excluding hydrogens is 212 g/mol. The van der Waals surface area contributed by atoms with E-state index in [9.17, 15) is 9.59 Å². The van der Waals surface area contributed by atoms with Gasteiger partial charge in [0.2, 0.25) is 0 Å². The molecule has 0 radical (unpaired) electrons. The van der Waals surface area contributed by atoms with Crippen molar-refractivity contribution in [1.29, 1.82) is 0 Å². The summed E-state index contributed by atoms with van der Waals surface area (Å²) in [5, 5.41) is 11.1. The first-order valence-electron chi connectivity index (χ1n) is 4.66. The predicted octanol–water partition coefficient (Wildman–Crippen LogP) is 1.74. The largest absolute Gasteiger partial charge is 0.478 e. The number of carboxylic acids is 1. The van der Waals surface area contributed by atoms with Crippen molar-refractivity contribution >= 4 is 17.9 Å². The molecule has 86 valence electrons. The molecule has 1 rings (SSSR count). The van der Waals surface area contributed by atoms with Crippen molar-refractivity contribution < 1.29 is 19.4 Å². The summed E-state index contributed by atoms with van der Waals surface area (Å²) in [6.45, 7) is 3.38. The Morgan fingerprint density at radius 2 is 2.19 bits per heavy atom. The van der Waals surface area contributed by atoms with Gasteiger partial charge in [0.15, 0.2) is 0 Å². The average Bonchev–Trinajstić information content (AvgIpc) is 2.16. The number of ether oxygens (including phenoxy) is 1. The van der Waals surface area contributed by atoms with E-state index in [4.69, 9.17) is 9.84 Å². The van der Waals surface area contributed by atoms with Crippen LogP contribution in [0, 0.1) is 0 Å². The van der Waals surface area contributed by atoms with Crippen LogP contribution in [0.2, 0.25) is 0 Å². The summed E-state index contributed by atoms with van der Waals surface area (Å²) in [5.41, 5.74) is -0.0804. The fourth-order valence-electron chi connectivity index (χ4n) is 1.02. The fourth-order valence-corrected chi connectivity index (χ4v) is 1.02. The molecule has 0 aliphatic rings. The Labute approximate surface area is 92.3 Å². The Bertz CT molecular complexity index is 404. The number of aromatic nitrogens is 1. The van der Waals surface area contributed by atoms with Crippen LogP contribution >= 0.6 is 0 Å². The highest BCUT2D eigenvalue weighted by atomic mass is 16.6. The molecule has 0 spiro atoms. The monoisotopic (exact) mass is 224 g/mol.